The number of nitrogens with zero attached hydrogens (tertiary/aromatic N) is 6. The summed E-state index contributed by atoms with van der Waals surface area (Å²) in [6.07, 6.45) is 2.35. The predicted molar refractivity (Wildman–Crippen MR) is 55.3 cm³/mol. The summed E-state index contributed by atoms with van der Waals surface area (Å²) in [5, 5.41) is 25.6. The highest BCUT2D eigenvalue weighted by Crippen LogP contribution is 2.12. The van der Waals surface area contributed by atoms with E-state index in [4.69, 9.17) is 0 Å². The molecule has 2 aromatic heterocycles. The number of hydrogen-bond acceptors (Lipinski definition) is 6. The molecule has 0 aromatic carbocycles. The molecule has 0 aliphatic heterocycles. The van der Waals surface area contributed by atoms with E-state index in [1.807, 2.05) is 6.92 Å². The quantitative estimate of drug-likeness (QED) is 0.689. The van der Waals surface area contributed by atoms with Gasteiger partial charge in [-0.15, -0.1) is 10.2 Å². The van der Waals surface area contributed by atoms with Crippen LogP contribution in [-0.4, -0.2) is 42.2 Å². The Balaban J connectivity index is 2.09. The Kier molecular flexibility index (Phi) is 3.20. The summed E-state index contributed by atoms with van der Waals surface area (Å²) in [5.74, 6) is 0.691. The standard InChI is InChI=1S/C8H14N8/c1-3-9-6(7-5-10-14-11-7)4-8-12-15-16(2)13-8/h5-6,9H,3-4H2,1-2H3,(H,10,11,14). The summed E-state index contributed by atoms with van der Waals surface area (Å²) < 4.78 is 0. The minimum absolute atomic E-state index is 0.0629. The van der Waals surface area contributed by atoms with Crippen LogP contribution in [-0.2, 0) is 13.5 Å². The number of nitrogens with one attached hydrogen (secondary N) is 2. The molecule has 86 valence electrons. The molecule has 2 aromatic rings. The van der Waals surface area contributed by atoms with Gasteiger partial charge in [-0.1, -0.05) is 6.92 Å². The highest BCUT2D eigenvalue weighted by atomic mass is 15.6. The van der Waals surface area contributed by atoms with Gasteiger partial charge in [0.1, 0.15) is 0 Å². The molecule has 0 saturated heterocycles. The van der Waals surface area contributed by atoms with Crippen molar-refractivity contribution in [1.29, 1.82) is 0 Å². The molecule has 2 N–H and O–H groups in total. The van der Waals surface area contributed by atoms with Crippen molar-refractivity contribution in [2.75, 3.05) is 6.54 Å². The zero-order chi connectivity index (χ0) is 11.4. The molecule has 8 nitrogen and oxygen atoms in total. The van der Waals surface area contributed by atoms with Gasteiger partial charge in [-0.3, -0.25) is 0 Å². The minimum Gasteiger partial charge on any atom is -0.308 e. The fourth-order valence-corrected chi connectivity index (χ4v) is 1.49. The van der Waals surface area contributed by atoms with Crippen LogP contribution in [0.5, 0.6) is 0 Å². The molecule has 0 amide bonds. The van der Waals surface area contributed by atoms with Crippen molar-refractivity contribution in [2.24, 2.45) is 7.05 Å². The molecule has 2 heterocycles. The van der Waals surface area contributed by atoms with Crippen molar-refractivity contribution in [3.63, 3.8) is 0 Å². The molecule has 0 aliphatic carbocycles. The molecular weight excluding hydrogens is 208 g/mol. The molecule has 1 unspecified atom stereocenters. The summed E-state index contributed by atoms with van der Waals surface area (Å²) in [5.41, 5.74) is 0.856. The molecule has 8 heteroatoms. The highest BCUT2D eigenvalue weighted by Gasteiger charge is 2.16. The second-order valence-corrected chi connectivity index (χ2v) is 3.40. The molecule has 16 heavy (non-hydrogen) atoms. The van der Waals surface area contributed by atoms with Crippen molar-refractivity contribution in [2.45, 2.75) is 19.4 Å². The Hall–Kier alpha value is -1.83. The van der Waals surface area contributed by atoms with Gasteiger partial charge in [0.15, 0.2) is 5.82 Å². The Labute approximate surface area is 92.4 Å². The van der Waals surface area contributed by atoms with Gasteiger partial charge in [-0.05, 0) is 11.8 Å². The van der Waals surface area contributed by atoms with E-state index in [0.29, 0.717) is 12.2 Å². The number of H-pyrrole nitrogens is 1. The van der Waals surface area contributed by atoms with Gasteiger partial charge in [-0.2, -0.15) is 20.2 Å². The summed E-state index contributed by atoms with van der Waals surface area (Å²) in [4.78, 5) is 1.45. The van der Waals surface area contributed by atoms with Crippen LogP contribution in [0.3, 0.4) is 0 Å². The summed E-state index contributed by atoms with van der Waals surface area (Å²) in [6, 6.07) is 0.0629. The first-order chi connectivity index (χ1) is 7.79. The Morgan fingerprint density at radius 1 is 1.56 bits per heavy atom. The van der Waals surface area contributed by atoms with Gasteiger partial charge in [0.25, 0.3) is 0 Å². The zero-order valence-electron chi connectivity index (χ0n) is 9.25. The SMILES string of the molecule is CCNC(Cc1nnn(C)n1)c1cn[nH]n1. The summed E-state index contributed by atoms with van der Waals surface area (Å²) in [7, 11) is 1.74. The maximum absolute atomic E-state index is 4.14. The topological polar surface area (TPSA) is 97.2 Å². The number of tetrazole rings is 1. The fourth-order valence-electron chi connectivity index (χ4n) is 1.49. The van der Waals surface area contributed by atoms with E-state index >= 15 is 0 Å². The molecule has 0 bridgehead atoms. The van der Waals surface area contributed by atoms with Crippen LogP contribution in [0.2, 0.25) is 0 Å². The average Bonchev–Trinajstić information content (AvgIpc) is 2.88. The second-order valence-electron chi connectivity index (χ2n) is 3.40. The molecule has 0 aliphatic rings. The molecule has 0 radical (unpaired) electrons. The largest absolute Gasteiger partial charge is 0.308 e. The maximum atomic E-state index is 4.14. The van der Waals surface area contributed by atoms with Crippen LogP contribution in [0.25, 0.3) is 0 Å². The van der Waals surface area contributed by atoms with Gasteiger partial charge in [0, 0.05) is 6.42 Å². The predicted octanol–water partition coefficient (Wildman–Crippen LogP) is -0.778. The maximum Gasteiger partial charge on any atom is 0.176 e. The van der Waals surface area contributed by atoms with Crippen LogP contribution in [0.15, 0.2) is 6.20 Å². The Morgan fingerprint density at radius 3 is 3.00 bits per heavy atom. The molecule has 2 rings (SSSR count). The molecule has 0 spiro atoms. The molecule has 0 saturated carbocycles. The first-order valence-electron chi connectivity index (χ1n) is 5.11. The van der Waals surface area contributed by atoms with E-state index in [2.05, 4.69) is 36.1 Å². The van der Waals surface area contributed by atoms with E-state index in [1.54, 1.807) is 13.2 Å². The van der Waals surface area contributed by atoms with Crippen molar-refractivity contribution in [3.8, 4) is 0 Å². The van der Waals surface area contributed by atoms with E-state index in [1.165, 1.54) is 4.80 Å². The third-order valence-corrected chi connectivity index (χ3v) is 2.18. The lowest BCUT2D eigenvalue weighted by Gasteiger charge is -2.12. The highest BCUT2D eigenvalue weighted by molar-refractivity contribution is 5.03. The zero-order valence-corrected chi connectivity index (χ0v) is 9.25. The third kappa shape index (κ3) is 2.40. The normalized spacial score (nSPS) is 12.9. The molecule has 0 fully saturated rings. The minimum atomic E-state index is 0.0629. The van der Waals surface area contributed by atoms with Crippen LogP contribution in [0, 0.1) is 0 Å². The lowest BCUT2D eigenvalue weighted by molar-refractivity contribution is 0.521. The first-order valence-corrected chi connectivity index (χ1v) is 5.11. The van der Waals surface area contributed by atoms with Gasteiger partial charge in [0.2, 0.25) is 0 Å². The number of aryl methyl sites for hydroxylation is 1. The second kappa shape index (κ2) is 4.79. The van der Waals surface area contributed by atoms with E-state index < -0.39 is 0 Å². The van der Waals surface area contributed by atoms with Gasteiger partial charge >= 0.3 is 0 Å². The number of aromatic nitrogens is 7. The van der Waals surface area contributed by atoms with Crippen LogP contribution in [0.1, 0.15) is 24.5 Å². The lowest BCUT2D eigenvalue weighted by Crippen LogP contribution is -2.23. The van der Waals surface area contributed by atoms with E-state index in [0.717, 1.165) is 12.2 Å². The smallest absolute Gasteiger partial charge is 0.176 e. The third-order valence-electron chi connectivity index (χ3n) is 2.18. The number of likely N-dealkylation sites (N-methyl/N-ethyl adjacent to an activating group) is 1. The first kappa shape index (κ1) is 10.7. The summed E-state index contributed by atoms with van der Waals surface area (Å²) >= 11 is 0. The van der Waals surface area contributed by atoms with Crippen LogP contribution >= 0.6 is 0 Å². The van der Waals surface area contributed by atoms with Crippen molar-refractivity contribution in [1.82, 2.24) is 40.9 Å². The fraction of sp³-hybridized carbons (Fsp3) is 0.625. The van der Waals surface area contributed by atoms with Gasteiger partial charge < -0.3 is 5.32 Å². The van der Waals surface area contributed by atoms with Crippen molar-refractivity contribution < 1.29 is 0 Å². The molecule has 1 atom stereocenters. The molecular formula is C8H14N8. The number of rotatable bonds is 5. The monoisotopic (exact) mass is 222 g/mol. The lowest BCUT2D eigenvalue weighted by atomic mass is 10.1. The van der Waals surface area contributed by atoms with E-state index in [-0.39, 0.29) is 6.04 Å². The average molecular weight is 222 g/mol. The summed E-state index contributed by atoms with van der Waals surface area (Å²) in [6.45, 7) is 2.88. The van der Waals surface area contributed by atoms with Crippen molar-refractivity contribution >= 4 is 0 Å². The van der Waals surface area contributed by atoms with Crippen LogP contribution < -0.4 is 5.32 Å². The van der Waals surface area contributed by atoms with Gasteiger partial charge in [0.05, 0.1) is 25.0 Å². The van der Waals surface area contributed by atoms with Crippen LogP contribution in [0.4, 0.5) is 0 Å². The Bertz CT molecular complexity index is 419. The Morgan fingerprint density at radius 2 is 2.44 bits per heavy atom. The number of aromatic amines is 1. The van der Waals surface area contributed by atoms with Gasteiger partial charge in [-0.25, -0.2) is 0 Å². The number of hydrogen-bond donors (Lipinski definition) is 2. The van der Waals surface area contributed by atoms with Crippen molar-refractivity contribution in [3.05, 3.63) is 17.7 Å². The van der Waals surface area contributed by atoms with E-state index in [9.17, 15) is 0 Å².